The Kier molecular flexibility index (Phi) is 5.23. The van der Waals surface area contributed by atoms with Crippen LogP contribution in [-0.4, -0.2) is 64.3 Å². The molecule has 1 saturated heterocycles. The fraction of sp³-hybridized carbons (Fsp3) is 0.857. The third-order valence-electron chi connectivity index (χ3n) is 4.41. The Balaban J connectivity index is 1.98. The molecule has 0 radical (unpaired) electrons. The zero-order valence-corrected chi connectivity index (χ0v) is 11.8. The Bertz CT molecular complexity index is 355. The molecule has 1 unspecified atom stereocenters. The van der Waals surface area contributed by atoms with Crippen LogP contribution in [0.1, 0.15) is 38.5 Å². The molecule has 2 amide bonds. The minimum atomic E-state index is -0.827. The molecule has 6 nitrogen and oxygen atoms in total. The number of carbonyl (C=O) groups excluding carboxylic acids is 1. The van der Waals surface area contributed by atoms with Crippen molar-refractivity contribution in [3.8, 4) is 0 Å². The molecule has 0 aromatic heterocycles. The number of hydrogen-bond donors (Lipinski definition) is 2. The summed E-state index contributed by atoms with van der Waals surface area (Å²) in [5.41, 5.74) is 0. The molecular formula is C14H24N2O4. The summed E-state index contributed by atoms with van der Waals surface area (Å²) in [5, 5.41) is 18.2. The van der Waals surface area contributed by atoms with Crippen LogP contribution >= 0.6 is 0 Å². The van der Waals surface area contributed by atoms with E-state index in [1.54, 1.807) is 9.80 Å². The molecular weight excluding hydrogens is 260 g/mol. The van der Waals surface area contributed by atoms with Crippen molar-refractivity contribution in [3.63, 3.8) is 0 Å². The van der Waals surface area contributed by atoms with E-state index in [1.807, 2.05) is 0 Å². The first-order valence-corrected chi connectivity index (χ1v) is 7.52. The van der Waals surface area contributed by atoms with Crippen LogP contribution in [-0.2, 0) is 4.79 Å². The minimum Gasteiger partial charge on any atom is -0.481 e. The molecule has 0 bridgehead atoms. The number of nitrogens with zero attached hydrogens (tertiary/aromatic N) is 2. The first-order valence-electron chi connectivity index (χ1n) is 7.52. The van der Waals surface area contributed by atoms with Gasteiger partial charge in [-0.3, -0.25) is 4.79 Å². The molecule has 1 heterocycles. The SMILES string of the molecule is O=C(O)C1CCN(C(=O)N(CCO)C2CCCCC2)C1. The van der Waals surface area contributed by atoms with Gasteiger partial charge >= 0.3 is 12.0 Å². The van der Waals surface area contributed by atoms with Gasteiger partial charge in [-0.05, 0) is 19.3 Å². The van der Waals surface area contributed by atoms with Crippen LogP contribution < -0.4 is 0 Å². The van der Waals surface area contributed by atoms with Crippen molar-refractivity contribution in [3.05, 3.63) is 0 Å². The Hall–Kier alpha value is -1.30. The minimum absolute atomic E-state index is 0.0432. The van der Waals surface area contributed by atoms with Gasteiger partial charge in [0.05, 0.1) is 12.5 Å². The summed E-state index contributed by atoms with van der Waals surface area (Å²) in [6.45, 7) is 1.10. The number of hydrogen-bond acceptors (Lipinski definition) is 3. The summed E-state index contributed by atoms with van der Waals surface area (Å²) in [6.07, 6.45) is 5.96. The maximum atomic E-state index is 12.6. The molecule has 1 aliphatic heterocycles. The van der Waals surface area contributed by atoms with E-state index >= 15 is 0 Å². The van der Waals surface area contributed by atoms with Crippen molar-refractivity contribution < 1.29 is 19.8 Å². The number of aliphatic hydroxyl groups excluding tert-OH is 1. The van der Waals surface area contributed by atoms with Gasteiger partial charge < -0.3 is 20.0 Å². The van der Waals surface area contributed by atoms with E-state index in [9.17, 15) is 14.7 Å². The second-order valence-corrected chi connectivity index (χ2v) is 5.76. The van der Waals surface area contributed by atoms with Crippen LogP contribution in [0.3, 0.4) is 0 Å². The van der Waals surface area contributed by atoms with E-state index in [4.69, 9.17) is 5.11 Å². The second-order valence-electron chi connectivity index (χ2n) is 5.76. The van der Waals surface area contributed by atoms with Crippen molar-refractivity contribution in [2.45, 2.75) is 44.6 Å². The highest BCUT2D eigenvalue weighted by Gasteiger charge is 2.35. The third kappa shape index (κ3) is 3.42. The summed E-state index contributed by atoms with van der Waals surface area (Å²) >= 11 is 0. The van der Waals surface area contributed by atoms with Gasteiger partial charge in [-0.1, -0.05) is 19.3 Å². The zero-order chi connectivity index (χ0) is 14.5. The van der Waals surface area contributed by atoms with E-state index < -0.39 is 11.9 Å². The van der Waals surface area contributed by atoms with E-state index in [2.05, 4.69) is 0 Å². The molecule has 2 fully saturated rings. The Morgan fingerprint density at radius 3 is 2.40 bits per heavy atom. The number of rotatable bonds is 4. The topological polar surface area (TPSA) is 81.1 Å². The third-order valence-corrected chi connectivity index (χ3v) is 4.41. The quantitative estimate of drug-likeness (QED) is 0.811. The molecule has 2 N–H and O–H groups in total. The average molecular weight is 284 g/mol. The first-order chi connectivity index (χ1) is 9.63. The molecule has 1 saturated carbocycles. The number of likely N-dealkylation sites (tertiary alicyclic amines) is 1. The van der Waals surface area contributed by atoms with E-state index in [0.29, 0.717) is 26.1 Å². The maximum Gasteiger partial charge on any atom is 0.320 e. The molecule has 2 aliphatic rings. The van der Waals surface area contributed by atoms with Gasteiger partial charge in [-0.25, -0.2) is 4.79 Å². The number of carbonyl (C=O) groups is 2. The summed E-state index contributed by atoms with van der Waals surface area (Å²) in [4.78, 5) is 26.9. The number of aliphatic hydroxyl groups is 1. The van der Waals surface area contributed by atoms with Gasteiger partial charge in [0.1, 0.15) is 0 Å². The molecule has 114 valence electrons. The van der Waals surface area contributed by atoms with Crippen LogP contribution in [0.4, 0.5) is 4.79 Å². The van der Waals surface area contributed by atoms with Crippen LogP contribution in [0.5, 0.6) is 0 Å². The fourth-order valence-electron chi connectivity index (χ4n) is 3.25. The van der Waals surface area contributed by atoms with E-state index in [0.717, 1.165) is 25.7 Å². The largest absolute Gasteiger partial charge is 0.481 e. The molecule has 0 aromatic carbocycles. The number of urea groups is 1. The van der Waals surface area contributed by atoms with E-state index in [1.165, 1.54) is 6.42 Å². The summed E-state index contributed by atoms with van der Waals surface area (Å²) in [5.74, 6) is -1.27. The number of carboxylic acid groups (broad SMARTS) is 1. The van der Waals surface area contributed by atoms with Crippen molar-refractivity contribution >= 4 is 12.0 Å². The smallest absolute Gasteiger partial charge is 0.320 e. The molecule has 2 rings (SSSR count). The normalized spacial score (nSPS) is 23.9. The standard InChI is InChI=1S/C14H24N2O4/c17-9-8-16(12-4-2-1-3-5-12)14(20)15-7-6-11(10-15)13(18)19/h11-12,17H,1-10H2,(H,18,19). The molecule has 1 aliphatic carbocycles. The number of aliphatic carboxylic acids is 1. The van der Waals surface area contributed by atoms with Crippen molar-refractivity contribution in [2.24, 2.45) is 5.92 Å². The lowest BCUT2D eigenvalue weighted by Crippen LogP contribution is -2.49. The highest BCUT2D eigenvalue weighted by Crippen LogP contribution is 2.25. The van der Waals surface area contributed by atoms with Gasteiger partial charge in [0.25, 0.3) is 0 Å². The second kappa shape index (κ2) is 6.92. The van der Waals surface area contributed by atoms with Gasteiger partial charge in [0, 0.05) is 25.7 Å². The number of carboxylic acids is 1. The Morgan fingerprint density at radius 1 is 1.15 bits per heavy atom. The Morgan fingerprint density at radius 2 is 1.85 bits per heavy atom. The highest BCUT2D eigenvalue weighted by molar-refractivity contribution is 5.77. The molecule has 6 heteroatoms. The van der Waals surface area contributed by atoms with Gasteiger partial charge in [0.2, 0.25) is 0 Å². The van der Waals surface area contributed by atoms with Gasteiger partial charge in [-0.15, -0.1) is 0 Å². The lowest BCUT2D eigenvalue weighted by molar-refractivity contribution is -0.141. The van der Waals surface area contributed by atoms with Crippen LogP contribution in [0.2, 0.25) is 0 Å². The van der Waals surface area contributed by atoms with Crippen molar-refractivity contribution in [1.29, 1.82) is 0 Å². The fourth-order valence-corrected chi connectivity index (χ4v) is 3.25. The first kappa shape index (κ1) is 15.1. The molecule has 0 spiro atoms. The number of amides is 2. The van der Waals surface area contributed by atoms with Crippen molar-refractivity contribution in [1.82, 2.24) is 9.80 Å². The highest BCUT2D eigenvalue weighted by atomic mass is 16.4. The predicted molar refractivity (Wildman–Crippen MR) is 73.4 cm³/mol. The van der Waals surface area contributed by atoms with Crippen LogP contribution in [0.25, 0.3) is 0 Å². The molecule has 0 aromatic rings. The maximum absolute atomic E-state index is 12.6. The summed E-state index contributed by atoms with van der Waals surface area (Å²) in [6, 6.07) is 0.0991. The monoisotopic (exact) mass is 284 g/mol. The van der Waals surface area contributed by atoms with Crippen LogP contribution in [0.15, 0.2) is 0 Å². The van der Waals surface area contributed by atoms with E-state index in [-0.39, 0.29) is 18.7 Å². The van der Waals surface area contributed by atoms with Gasteiger partial charge in [0.15, 0.2) is 0 Å². The van der Waals surface area contributed by atoms with Crippen LogP contribution in [0, 0.1) is 5.92 Å². The lowest BCUT2D eigenvalue weighted by atomic mass is 9.94. The zero-order valence-electron chi connectivity index (χ0n) is 11.8. The summed E-state index contributed by atoms with van der Waals surface area (Å²) < 4.78 is 0. The average Bonchev–Trinajstić information content (AvgIpc) is 2.95. The lowest BCUT2D eigenvalue weighted by Gasteiger charge is -2.36. The van der Waals surface area contributed by atoms with Gasteiger partial charge in [-0.2, -0.15) is 0 Å². The van der Waals surface area contributed by atoms with Crippen molar-refractivity contribution in [2.75, 3.05) is 26.2 Å². The Labute approximate surface area is 119 Å². The predicted octanol–water partition coefficient (Wildman–Crippen LogP) is 1.14. The summed E-state index contributed by atoms with van der Waals surface area (Å²) in [7, 11) is 0. The molecule has 20 heavy (non-hydrogen) atoms. The molecule has 1 atom stereocenters.